The van der Waals surface area contributed by atoms with E-state index in [1.54, 1.807) is 17.5 Å². The zero-order chi connectivity index (χ0) is 15.6. The van der Waals surface area contributed by atoms with Gasteiger partial charge in [-0.25, -0.2) is 4.98 Å². The maximum atomic E-state index is 4.59. The first kappa shape index (κ1) is 19.8. The van der Waals surface area contributed by atoms with Crippen LogP contribution < -0.4 is 10.6 Å². The van der Waals surface area contributed by atoms with Gasteiger partial charge >= 0.3 is 0 Å². The number of thiazole rings is 1. The second kappa shape index (κ2) is 11.3. The van der Waals surface area contributed by atoms with Gasteiger partial charge in [-0.2, -0.15) is 0 Å². The van der Waals surface area contributed by atoms with Gasteiger partial charge in [0.05, 0.1) is 10.7 Å². The highest BCUT2D eigenvalue weighted by molar-refractivity contribution is 14.0. The smallest absolute Gasteiger partial charge is 0.191 e. The molecule has 2 N–H and O–H groups in total. The van der Waals surface area contributed by atoms with Crippen LogP contribution in [0.4, 0.5) is 0 Å². The summed E-state index contributed by atoms with van der Waals surface area (Å²) in [5.41, 5.74) is 2.35. The minimum Gasteiger partial charge on any atom is -0.357 e. The summed E-state index contributed by atoms with van der Waals surface area (Å²) in [6.45, 7) is 6.54. The summed E-state index contributed by atoms with van der Waals surface area (Å²) < 4.78 is 0. The maximum Gasteiger partial charge on any atom is 0.191 e. The number of guanidine groups is 1. The fourth-order valence-corrected chi connectivity index (χ4v) is 2.67. The van der Waals surface area contributed by atoms with Crippen molar-refractivity contribution >= 4 is 41.3 Å². The molecular formula is C16H24IN5S. The van der Waals surface area contributed by atoms with E-state index in [0.29, 0.717) is 0 Å². The number of hydrogen-bond donors (Lipinski definition) is 2. The van der Waals surface area contributed by atoms with Crippen LogP contribution in [0.15, 0.2) is 34.9 Å². The minimum absolute atomic E-state index is 0. The normalized spacial score (nSPS) is 11.0. The lowest BCUT2D eigenvalue weighted by atomic mass is 10.2. The van der Waals surface area contributed by atoms with E-state index >= 15 is 0 Å². The largest absolute Gasteiger partial charge is 0.357 e. The molecule has 2 aromatic heterocycles. The van der Waals surface area contributed by atoms with Gasteiger partial charge in [0.25, 0.3) is 0 Å². The quantitative estimate of drug-likeness (QED) is 0.391. The first-order valence-corrected chi connectivity index (χ1v) is 8.48. The number of rotatable bonds is 7. The van der Waals surface area contributed by atoms with Crippen molar-refractivity contribution in [1.82, 2.24) is 20.6 Å². The average Bonchev–Trinajstić information content (AvgIpc) is 2.94. The Morgan fingerprint density at radius 1 is 1.30 bits per heavy atom. The van der Waals surface area contributed by atoms with Crippen LogP contribution in [0.2, 0.25) is 0 Å². The number of aliphatic imine (C=N–C) groups is 1. The van der Waals surface area contributed by atoms with Crippen molar-refractivity contribution in [1.29, 1.82) is 0 Å². The molecule has 0 fully saturated rings. The molecular weight excluding hydrogens is 421 g/mol. The first-order chi connectivity index (χ1) is 10.8. The molecule has 0 saturated carbocycles. The van der Waals surface area contributed by atoms with Crippen LogP contribution in [0.5, 0.6) is 0 Å². The number of nitrogens with zero attached hydrogens (tertiary/aromatic N) is 3. The number of pyridine rings is 1. The monoisotopic (exact) mass is 445 g/mol. The predicted octanol–water partition coefficient (Wildman–Crippen LogP) is 2.80. The van der Waals surface area contributed by atoms with Gasteiger partial charge in [0.2, 0.25) is 0 Å². The fourth-order valence-electron chi connectivity index (χ4n) is 2.02. The third kappa shape index (κ3) is 7.74. The van der Waals surface area contributed by atoms with Gasteiger partial charge < -0.3 is 10.6 Å². The van der Waals surface area contributed by atoms with Crippen molar-refractivity contribution in [2.24, 2.45) is 4.99 Å². The first-order valence-electron chi connectivity index (χ1n) is 7.60. The molecule has 2 aromatic rings. The molecule has 0 aromatic carbocycles. The Morgan fingerprint density at radius 2 is 2.17 bits per heavy atom. The molecule has 0 atom stereocenters. The summed E-state index contributed by atoms with van der Waals surface area (Å²) in [6.07, 6.45) is 5.51. The highest BCUT2D eigenvalue weighted by Gasteiger charge is 2.00. The second-order valence-electron chi connectivity index (χ2n) is 4.91. The molecule has 0 unspecified atom stereocenters. The molecule has 0 saturated heterocycles. The van der Waals surface area contributed by atoms with Gasteiger partial charge in [-0.15, -0.1) is 35.3 Å². The van der Waals surface area contributed by atoms with Crippen LogP contribution in [0.1, 0.15) is 23.2 Å². The Labute approximate surface area is 159 Å². The molecule has 0 aliphatic rings. The fraction of sp³-hybridized carbons (Fsp3) is 0.438. The third-order valence-electron chi connectivity index (χ3n) is 3.08. The molecule has 0 radical (unpaired) electrons. The van der Waals surface area contributed by atoms with E-state index in [1.165, 1.54) is 5.56 Å². The average molecular weight is 445 g/mol. The minimum atomic E-state index is 0. The summed E-state index contributed by atoms with van der Waals surface area (Å²) in [7, 11) is 0. The number of aryl methyl sites for hydroxylation is 1. The molecule has 0 aliphatic heterocycles. The standard InChI is InChI=1S/C16H23N5S.HI/c1-3-18-16(19-9-6-14-5-4-8-17-11-14)20-10-7-15-12-22-13(2)21-15;/h4-5,8,11-12H,3,6-7,9-10H2,1-2H3,(H2,18,19,20);1H. The Kier molecular flexibility index (Phi) is 9.77. The van der Waals surface area contributed by atoms with Gasteiger partial charge in [-0.1, -0.05) is 6.07 Å². The van der Waals surface area contributed by atoms with Crippen LogP contribution in [0.3, 0.4) is 0 Å². The van der Waals surface area contributed by atoms with Crippen molar-refractivity contribution in [2.45, 2.75) is 26.7 Å². The van der Waals surface area contributed by atoms with E-state index in [4.69, 9.17) is 0 Å². The Morgan fingerprint density at radius 3 is 2.83 bits per heavy atom. The SMILES string of the molecule is CCNC(=NCCc1csc(C)n1)NCCc1cccnc1.I. The van der Waals surface area contributed by atoms with Gasteiger partial charge in [0.1, 0.15) is 0 Å². The van der Waals surface area contributed by atoms with Crippen molar-refractivity contribution in [3.05, 3.63) is 46.2 Å². The summed E-state index contributed by atoms with van der Waals surface area (Å²) >= 11 is 1.69. The van der Waals surface area contributed by atoms with E-state index in [-0.39, 0.29) is 24.0 Å². The lowest BCUT2D eigenvalue weighted by Gasteiger charge is -2.11. The summed E-state index contributed by atoms with van der Waals surface area (Å²) in [6, 6.07) is 4.05. The molecule has 2 heterocycles. The maximum absolute atomic E-state index is 4.59. The van der Waals surface area contributed by atoms with Gasteiger partial charge in [0.15, 0.2) is 5.96 Å². The molecule has 7 heteroatoms. The van der Waals surface area contributed by atoms with Crippen LogP contribution in [-0.2, 0) is 12.8 Å². The molecule has 0 bridgehead atoms. The summed E-state index contributed by atoms with van der Waals surface area (Å²) in [5, 5.41) is 9.84. The molecule has 0 aliphatic carbocycles. The Hall–Kier alpha value is -1.22. The summed E-state index contributed by atoms with van der Waals surface area (Å²) in [5.74, 6) is 0.860. The van der Waals surface area contributed by atoms with Gasteiger partial charge in [0, 0.05) is 43.8 Å². The molecule has 2 rings (SSSR count). The second-order valence-corrected chi connectivity index (χ2v) is 5.97. The highest BCUT2D eigenvalue weighted by Crippen LogP contribution is 2.08. The van der Waals surface area contributed by atoms with Crippen molar-refractivity contribution in [2.75, 3.05) is 19.6 Å². The lowest BCUT2D eigenvalue weighted by Crippen LogP contribution is -2.38. The Bertz CT molecular complexity index is 585. The van der Waals surface area contributed by atoms with Gasteiger partial charge in [-0.3, -0.25) is 9.98 Å². The highest BCUT2D eigenvalue weighted by atomic mass is 127. The number of halogens is 1. The number of nitrogens with one attached hydrogen (secondary N) is 2. The van der Waals surface area contributed by atoms with E-state index in [0.717, 1.165) is 49.1 Å². The number of aromatic nitrogens is 2. The molecule has 0 spiro atoms. The van der Waals surface area contributed by atoms with Crippen molar-refractivity contribution in [3.8, 4) is 0 Å². The third-order valence-corrected chi connectivity index (χ3v) is 3.90. The van der Waals surface area contributed by atoms with E-state index in [1.807, 2.05) is 19.2 Å². The molecule has 0 amide bonds. The Balaban J connectivity index is 0.00000264. The topological polar surface area (TPSA) is 62.2 Å². The van der Waals surface area contributed by atoms with E-state index in [9.17, 15) is 0 Å². The van der Waals surface area contributed by atoms with E-state index < -0.39 is 0 Å². The van der Waals surface area contributed by atoms with Crippen LogP contribution in [0.25, 0.3) is 0 Å². The predicted molar refractivity (Wildman–Crippen MR) is 108 cm³/mol. The zero-order valence-electron chi connectivity index (χ0n) is 13.6. The van der Waals surface area contributed by atoms with Crippen molar-refractivity contribution < 1.29 is 0 Å². The summed E-state index contributed by atoms with van der Waals surface area (Å²) in [4.78, 5) is 13.2. The molecule has 126 valence electrons. The van der Waals surface area contributed by atoms with E-state index in [2.05, 4.69) is 44.0 Å². The van der Waals surface area contributed by atoms with Gasteiger partial charge in [-0.05, 0) is 31.9 Å². The zero-order valence-corrected chi connectivity index (χ0v) is 16.7. The molecule has 23 heavy (non-hydrogen) atoms. The van der Waals surface area contributed by atoms with Crippen LogP contribution in [-0.4, -0.2) is 35.6 Å². The lowest BCUT2D eigenvalue weighted by molar-refractivity contribution is 0.793. The van der Waals surface area contributed by atoms with Crippen LogP contribution >= 0.6 is 35.3 Å². The van der Waals surface area contributed by atoms with Crippen molar-refractivity contribution in [3.63, 3.8) is 0 Å². The van der Waals surface area contributed by atoms with Crippen LogP contribution in [0, 0.1) is 6.92 Å². The number of hydrogen-bond acceptors (Lipinski definition) is 4. The molecule has 5 nitrogen and oxygen atoms in total.